The topological polar surface area (TPSA) is 77.1 Å². The third kappa shape index (κ3) is 3.58. The largest absolute Gasteiger partial charge is 0.327 e. The maximum Gasteiger partial charge on any atom is 0.250 e. The lowest BCUT2D eigenvalue weighted by molar-refractivity contribution is -0.120. The number of anilines is 1. The number of nitrogens with two attached hydrogens (primary N) is 1. The zero-order valence-electron chi connectivity index (χ0n) is 11.0. The van der Waals surface area contributed by atoms with Crippen LogP contribution < -0.4 is 16.6 Å². The molecule has 1 aliphatic carbocycles. The summed E-state index contributed by atoms with van der Waals surface area (Å²) in [7, 11) is 0. The van der Waals surface area contributed by atoms with Crippen LogP contribution >= 0.6 is 12.4 Å². The van der Waals surface area contributed by atoms with Gasteiger partial charge in [0.25, 0.3) is 5.56 Å². The van der Waals surface area contributed by atoms with E-state index in [0.717, 1.165) is 19.3 Å². The molecule has 1 aromatic rings. The van der Waals surface area contributed by atoms with Gasteiger partial charge in [0.2, 0.25) is 5.91 Å². The standard InChI is InChI=1S/C13H19N3O2.ClH/c1-2-16-8-9(6-7-12(16)17)15-13(18)10-4-3-5-11(10)14;/h6-8,10-11H,2-5,14H2,1H3,(H,15,18);1H. The van der Waals surface area contributed by atoms with Crippen LogP contribution in [0.1, 0.15) is 26.2 Å². The third-order valence-electron chi connectivity index (χ3n) is 3.50. The van der Waals surface area contributed by atoms with Crippen molar-refractivity contribution in [2.45, 2.75) is 38.8 Å². The molecule has 2 atom stereocenters. The maximum absolute atomic E-state index is 12.0. The van der Waals surface area contributed by atoms with Gasteiger partial charge in [-0.15, -0.1) is 12.4 Å². The van der Waals surface area contributed by atoms with E-state index in [-0.39, 0.29) is 35.8 Å². The number of hydrogen-bond donors (Lipinski definition) is 2. The molecule has 2 rings (SSSR count). The number of pyridine rings is 1. The Kier molecular flexibility index (Phi) is 5.57. The first kappa shape index (κ1) is 15.7. The van der Waals surface area contributed by atoms with Crippen LogP contribution in [0.15, 0.2) is 23.1 Å². The highest BCUT2D eigenvalue weighted by atomic mass is 35.5. The van der Waals surface area contributed by atoms with Crippen molar-refractivity contribution in [1.29, 1.82) is 0 Å². The lowest BCUT2D eigenvalue weighted by Gasteiger charge is -2.15. The van der Waals surface area contributed by atoms with Crippen molar-refractivity contribution in [3.63, 3.8) is 0 Å². The van der Waals surface area contributed by atoms with Gasteiger partial charge in [-0.05, 0) is 25.8 Å². The van der Waals surface area contributed by atoms with Crippen molar-refractivity contribution in [3.05, 3.63) is 28.7 Å². The Morgan fingerprint density at radius 2 is 2.21 bits per heavy atom. The molecule has 3 N–H and O–H groups in total. The monoisotopic (exact) mass is 285 g/mol. The Labute approximate surface area is 118 Å². The van der Waals surface area contributed by atoms with Crippen molar-refractivity contribution >= 4 is 24.0 Å². The first-order valence-electron chi connectivity index (χ1n) is 6.38. The molecule has 0 spiro atoms. The minimum Gasteiger partial charge on any atom is -0.327 e. The molecule has 1 aliphatic rings. The molecule has 6 heteroatoms. The fourth-order valence-electron chi connectivity index (χ4n) is 2.40. The number of hydrogen-bond acceptors (Lipinski definition) is 3. The van der Waals surface area contributed by atoms with Gasteiger partial charge in [0, 0.05) is 24.8 Å². The van der Waals surface area contributed by atoms with Crippen LogP contribution in [0.3, 0.4) is 0 Å². The van der Waals surface area contributed by atoms with E-state index in [9.17, 15) is 9.59 Å². The molecule has 0 saturated heterocycles. The molecule has 5 nitrogen and oxygen atoms in total. The van der Waals surface area contributed by atoms with E-state index < -0.39 is 0 Å². The summed E-state index contributed by atoms with van der Waals surface area (Å²) >= 11 is 0. The number of nitrogens with zero attached hydrogens (tertiary/aromatic N) is 1. The number of carbonyl (C=O) groups excluding carboxylic acids is 1. The minimum absolute atomic E-state index is 0. The molecule has 0 aromatic carbocycles. The molecule has 106 valence electrons. The Bertz CT molecular complexity index is 501. The number of amides is 1. The van der Waals surface area contributed by atoms with Gasteiger partial charge in [-0.2, -0.15) is 0 Å². The van der Waals surface area contributed by atoms with E-state index in [1.54, 1.807) is 16.8 Å². The first-order valence-corrected chi connectivity index (χ1v) is 6.38. The average Bonchev–Trinajstić information content (AvgIpc) is 2.78. The molecule has 19 heavy (non-hydrogen) atoms. The molecular weight excluding hydrogens is 266 g/mol. The molecule has 0 radical (unpaired) electrons. The average molecular weight is 286 g/mol. The molecule has 1 amide bonds. The summed E-state index contributed by atoms with van der Waals surface area (Å²) in [6, 6.07) is 3.06. The van der Waals surface area contributed by atoms with E-state index in [0.29, 0.717) is 12.2 Å². The van der Waals surface area contributed by atoms with Gasteiger partial charge in [0.1, 0.15) is 0 Å². The normalized spacial score (nSPS) is 21.8. The molecular formula is C13H20ClN3O2. The second-order valence-electron chi connectivity index (χ2n) is 4.73. The van der Waals surface area contributed by atoms with Crippen LogP contribution in [0, 0.1) is 5.92 Å². The Balaban J connectivity index is 0.00000180. The maximum atomic E-state index is 12.0. The van der Waals surface area contributed by atoms with E-state index >= 15 is 0 Å². The molecule has 0 bridgehead atoms. The number of aryl methyl sites for hydroxylation is 1. The van der Waals surface area contributed by atoms with Crippen LogP contribution in [-0.4, -0.2) is 16.5 Å². The van der Waals surface area contributed by atoms with Crippen LogP contribution in [0.2, 0.25) is 0 Å². The molecule has 1 aromatic heterocycles. The predicted molar refractivity (Wildman–Crippen MR) is 77.6 cm³/mol. The zero-order valence-corrected chi connectivity index (χ0v) is 11.8. The van der Waals surface area contributed by atoms with Gasteiger partial charge in [-0.25, -0.2) is 0 Å². The van der Waals surface area contributed by atoms with E-state index in [4.69, 9.17) is 5.73 Å². The Hall–Kier alpha value is -1.33. The fraction of sp³-hybridized carbons (Fsp3) is 0.538. The summed E-state index contributed by atoms with van der Waals surface area (Å²) in [5.41, 5.74) is 6.49. The number of halogens is 1. The third-order valence-corrected chi connectivity index (χ3v) is 3.50. The van der Waals surface area contributed by atoms with Crippen LogP contribution in [0.25, 0.3) is 0 Å². The van der Waals surface area contributed by atoms with Crippen molar-refractivity contribution in [1.82, 2.24) is 4.57 Å². The van der Waals surface area contributed by atoms with Crippen LogP contribution in [-0.2, 0) is 11.3 Å². The highest BCUT2D eigenvalue weighted by Gasteiger charge is 2.30. The predicted octanol–water partition coefficient (Wildman–Crippen LogP) is 1.36. The van der Waals surface area contributed by atoms with Crippen molar-refractivity contribution in [2.75, 3.05) is 5.32 Å². The van der Waals surface area contributed by atoms with Crippen molar-refractivity contribution in [3.8, 4) is 0 Å². The van der Waals surface area contributed by atoms with Gasteiger partial charge in [0.15, 0.2) is 0 Å². The quantitative estimate of drug-likeness (QED) is 0.880. The molecule has 2 unspecified atom stereocenters. The lowest BCUT2D eigenvalue weighted by atomic mass is 10.0. The Morgan fingerprint density at radius 1 is 1.47 bits per heavy atom. The summed E-state index contributed by atoms with van der Waals surface area (Å²) in [6.07, 6.45) is 4.43. The van der Waals surface area contributed by atoms with E-state index in [1.807, 2.05) is 6.92 Å². The lowest BCUT2D eigenvalue weighted by Crippen LogP contribution is -2.34. The van der Waals surface area contributed by atoms with Gasteiger partial charge < -0.3 is 15.6 Å². The molecule has 1 heterocycles. The van der Waals surface area contributed by atoms with Crippen LogP contribution in [0.4, 0.5) is 5.69 Å². The summed E-state index contributed by atoms with van der Waals surface area (Å²) in [5.74, 6) is -0.145. The second-order valence-corrected chi connectivity index (χ2v) is 4.73. The molecule has 1 saturated carbocycles. The Morgan fingerprint density at radius 3 is 2.79 bits per heavy atom. The number of carbonyl (C=O) groups is 1. The van der Waals surface area contributed by atoms with E-state index in [1.165, 1.54) is 6.07 Å². The summed E-state index contributed by atoms with van der Waals surface area (Å²) in [4.78, 5) is 23.5. The van der Waals surface area contributed by atoms with Gasteiger partial charge in [-0.3, -0.25) is 9.59 Å². The second kappa shape index (κ2) is 6.73. The highest BCUT2D eigenvalue weighted by molar-refractivity contribution is 5.93. The smallest absolute Gasteiger partial charge is 0.250 e. The molecule has 0 aliphatic heterocycles. The number of nitrogens with one attached hydrogen (secondary N) is 1. The highest BCUT2D eigenvalue weighted by Crippen LogP contribution is 2.25. The number of aromatic nitrogens is 1. The minimum atomic E-state index is -0.105. The summed E-state index contributed by atoms with van der Waals surface area (Å²) in [6.45, 7) is 2.48. The summed E-state index contributed by atoms with van der Waals surface area (Å²) < 4.78 is 1.56. The summed E-state index contributed by atoms with van der Waals surface area (Å²) in [5, 5.41) is 2.84. The number of rotatable bonds is 3. The fourth-order valence-corrected chi connectivity index (χ4v) is 2.40. The molecule has 1 fully saturated rings. The van der Waals surface area contributed by atoms with Gasteiger partial charge in [0.05, 0.1) is 11.6 Å². The van der Waals surface area contributed by atoms with Crippen molar-refractivity contribution < 1.29 is 4.79 Å². The zero-order chi connectivity index (χ0) is 13.1. The van der Waals surface area contributed by atoms with Crippen molar-refractivity contribution in [2.24, 2.45) is 11.7 Å². The van der Waals surface area contributed by atoms with Crippen LogP contribution in [0.5, 0.6) is 0 Å². The van der Waals surface area contributed by atoms with Gasteiger partial charge >= 0.3 is 0 Å². The SMILES string of the molecule is CCn1cc(NC(=O)C2CCCC2N)ccc1=O.Cl. The first-order chi connectivity index (χ1) is 8.61. The van der Waals surface area contributed by atoms with Gasteiger partial charge in [-0.1, -0.05) is 6.42 Å². The van der Waals surface area contributed by atoms with E-state index in [2.05, 4.69) is 5.32 Å².